The summed E-state index contributed by atoms with van der Waals surface area (Å²) in [5, 5.41) is 5.70. The van der Waals surface area contributed by atoms with E-state index in [-0.39, 0.29) is 12.1 Å². The summed E-state index contributed by atoms with van der Waals surface area (Å²) in [5.41, 5.74) is 0.283. The third-order valence-electron chi connectivity index (χ3n) is 3.26. The van der Waals surface area contributed by atoms with E-state index in [1.807, 2.05) is 19.1 Å². The molecule has 2 bridgehead atoms. The highest BCUT2D eigenvalue weighted by atomic mass is 79.9. The molecule has 5 nitrogen and oxygen atoms in total. The molecule has 3 rings (SSSR count). The van der Waals surface area contributed by atoms with Gasteiger partial charge in [0, 0.05) is 12.0 Å². The van der Waals surface area contributed by atoms with Crippen LogP contribution in [0.1, 0.15) is 24.9 Å². The first-order chi connectivity index (χ1) is 8.50. The second-order valence-electron chi connectivity index (χ2n) is 4.72. The largest absolute Gasteiger partial charge is 0.497 e. The highest BCUT2D eigenvalue weighted by molar-refractivity contribution is 9.10. The van der Waals surface area contributed by atoms with Gasteiger partial charge in [-0.3, -0.25) is 0 Å². The molecule has 2 heterocycles. The number of benzene rings is 1. The van der Waals surface area contributed by atoms with Crippen LogP contribution >= 0.6 is 15.9 Å². The number of hydrogen-bond donors (Lipinski definition) is 2. The fourth-order valence-electron chi connectivity index (χ4n) is 2.48. The molecule has 18 heavy (non-hydrogen) atoms. The van der Waals surface area contributed by atoms with Crippen LogP contribution in [0.15, 0.2) is 16.6 Å². The van der Waals surface area contributed by atoms with E-state index in [2.05, 4.69) is 26.6 Å². The Bertz CT molecular complexity index is 534. The smallest absolute Gasteiger partial charge is 0.318 e. The quantitative estimate of drug-likeness (QED) is 0.836. The molecule has 0 aromatic heterocycles. The van der Waals surface area contributed by atoms with Crippen LogP contribution in [0.2, 0.25) is 0 Å². The maximum absolute atomic E-state index is 11.6. The molecule has 0 spiro atoms. The van der Waals surface area contributed by atoms with Crippen molar-refractivity contribution in [2.24, 2.45) is 0 Å². The van der Waals surface area contributed by atoms with Crippen LogP contribution in [0, 0.1) is 0 Å². The number of methoxy groups -OCH3 is 1. The predicted molar refractivity (Wildman–Crippen MR) is 68.8 cm³/mol. The lowest BCUT2D eigenvalue weighted by Gasteiger charge is -2.44. The highest BCUT2D eigenvalue weighted by Gasteiger charge is 2.44. The van der Waals surface area contributed by atoms with Crippen LogP contribution in [0.5, 0.6) is 11.5 Å². The van der Waals surface area contributed by atoms with Crippen molar-refractivity contribution in [3.63, 3.8) is 0 Å². The van der Waals surface area contributed by atoms with E-state index < -0.39 is 5.72 Å². The number of urea groups is 1. The Labute approximate surface area is 113 Å². The zero-order chi connectivity index (χ0) is 12.9. The van der Waals surface area contributed by atoms with Crippen molar-refractivity contribution in [1.82, 2.24) is 10.6 Å². The molecule has 2 amide bonds. The van der Waals surface area contributed by atoms with E-state index in [1.54, 1.807) is 7.11 Å². The first kappa shape index (κ1) is 11.6. The molecule has 6 heteroatoms. The maximum atomic E-state index is 11.6. The van der Waals surface area contributed by atoms with Gasteiger partial charge in [0.1, 0.15) is 11.5 Å². The van der Waals surface area contributed by atoms with Gasteiger partial charge in [-0.1, -0.05) is 0 Å². The lowest BCUT2D eigenvalue weighted by Crippen LogP contribution is -2.62. The molecule has 2 aliphatic rings. The summed E-state index contributed by atoms with van der Waals surface area (Å²) in [6.45, 7) is 1.87. The Morgan fingerprint density at radius 1 is 1.56 bits per heavy atom. The summed E-state index contributed by atoms with van der Waals surface area (Å²) in [5.74, 6) is 1.49. The summed E-state index contributed by atoms with van der Waals surface area (Å²) in [6, 6.07) is 3.48. The van der Waals surface area contributed by atoms with Crippen molar-refractivity contribution in [3.8, 4) is 11.5 Å². The molecule has 2 unspecified atom stereocenters. The second kappa shape index (κ2) is 3.78. The van der Waals surface area contributed by atoms with Crippen molar-refractivity contribution in [1.29, 1.82) is 0 Å². The van der Waals surface area contributed by atoms with Gasteiger partial charge in [-0.2, -0.15) is 0 Å². The van der Waals surface area contributed by atoms with Crippen molar-refractivity contribution in [2.75, 3.05) is 7.11 Å². The van der Waals surface area contributed by atoms with Gasteiger partial charge in [0.2, 0.25) is 0 Å². The van der Waals surface area contributed by atoms with E-state index in [9.17, 15) is 4.79 Å². The minimum Gasteiger partial charge on any atom is -0.497 e. The molecular weight excluding hydrogens is 300 g/mol. The molecule has 2 atom stereocenters. The molecule has 2 aliphatic heterocycles. The Kier molecular flexibility index (Phi) is 2.45. The number of nitrogens with one attached hydrogen (secondary N) is 2. The van der Waals surface area contributed by atoms with Gasteiger partial charge in [-0.05, 0) is 35.0 Å². The van der Waals surface area contributed by atoms with Crippen molar-refractivity contribution >= 4 is 22.0 Å². The first-order valence-electron chi connectivity index (χ1n) is 5.66. The molecule has 1 aromatic rings. The number of amides is 2. The van der Waals surface area contributed by atoms with E-state index in [4.69, 9.17) is 9.47 Å². The van der Waals surface area contributed by atoms with E-state index >= 15 is 0 Å². The SMILES string of the molecule is COc1cc(Br)c2c(c1)C1CC(C)(NC(=O)N1)O2. The molecular formula is C12H13BrN2O3. The van der Waals surface area contributed by atoms with Crippen LogP contribution in [0.3, 0.4) is 0 Å². The maximum Gasteiger partial charge on any atom is 0.318 e. The third kappa shape index (κ3) is 1.71. The van der Waals surface area contributed by atoms with Crippen molar-refractivity contribution < 1.29 is 14.3 Å². The molecule has 2 N–H and O–H groups in total. The number of ether oxygens (including phenoxy) is 2. The zero-order valence-electron chi connectivity index (χ0n) is 10.0. The fraction of sp³-hybridized carbons (Fsp3) is 0.417. The lowest BCUT2D eigenvalue weighted by molar-refractivity contribution is 0.0110. The standard InChI is InChI=1S/C12H13BrN2O3/c1-12-5-9(14-11(16)15-12)7-3-6(17-2)4-8(13)10(7)18-12/h3-4,9H,5H2,1-2H3,(H2,14,15,16). The summed E-state index contributed by atoms with van der Waals surface area (Å²) in [4.78, 5) is 11.6. The number of carbonyl (C=O) groups excluding carboxylic acids is 1. The minimum absolute atomic E-state index is 0.0566. The van der Waals surface area contributed by atoms with Crippen LogP contribution in [-0.2, 0) is 0 Å². The topological polar surface area (TPSA) is 59.6 Å². The summed E-state index contributed by atoms with van der Waals surface area (Å²) in [7, 11) is 1.61. The molecule has 1 saturated heterocycles. The summed E-state index contributed by atoms with van der Waals surface area (Å²) >= 11 is 3.48. The zero-order valence-corrected chi connectivity index (χ0v) is 11.6. The Morgan fingerprint density at radius 2 is 2.33 bits per heavy atom. The van der Waals surface area contributed by atoms with Crippen LogP contribution in [0.25, 0.3) is 0 Å². The van der Waals surface area contributed by atoms with Crippen molar-refractivity contribution in [2.45, 2.75) is 25.1 Å². The molecule has 0 aliphatic carbocycles. The second-order valence-corrected chi connectivity index (χ2v) is 5.57. The van der Waals surface area contributed by atoms with Gasteiger partial charge in [0.25, 0.3) is 0 Å². The number of hydrogen-bond acceptors (Lipinski definition) is 3. The minimum atomic E-state index is -0.656. The van der Waals surface area contributed by atoms with Crippen molar-refractivity contribution in [3.05, 3.63) is 22.2 Å². The normalized spacial score (nSPS) is 28.6. The number of fused-ring (bicyclic) bond motifs is 4. The number of halogens is 1. The van der Waals surface area contributed by atoms with E-state index in [0.717, 1.165) is 21.5 Å². The average Bonchev–Trinajstić information content (AvgIpc) is 2.29. The van der Waals surface area contributed by atoms with Gasteiger partial charge in [-0.15, -0.1) is 0 Å². The average molecular weight is 313 g/mol. The molecule has 1 fully saturated rings. The number of carbonyl (C=O) groups is 1. The molecule has 0 radical (unpaired) electrons. The Balaban J connectivity index is 2.13. The molecule has 1 aromatic carbocycles. The van der Waals surface area contributed by atoms with Gasteiger partial charge < -0.3 is 20.1 Å². The van der Waals surface area contributed by atoms with E-state index in [0.29, 0.717) is 6.42 Å². The van der Waals surface area contributed by atoms with Crippen LogP contribution < -0.4 is 20.1 Å². The number of rotatable bonds is 1. The van der Waals surface area contributed by atoms with Crippen LogP contribution in [0.4, 0.5) is 4.79 Å². The predicted octanol–water partition coefficient (Wildman–Crippen LogP) is 2.31. The Hall–Kier alpha value is -1.43. The van der Waals surface area contributed by atoms with Gasteiger partial charge in [0.15, 0.2) is 5.72 Å². The van der Waals surface area contributed by atoms with Gasteiger partial charge in [-0.25, -0.2) is 4.79 Å². The lowest BCUT2D eigenvalue weighted by atomic mass is 9.91. The summed E-state index contributed by atoms with van der Waals surface area (Å²) < 4.78 is 12.0. The van der Waals surface area contributed by atoms with E-state index in [1.165, 1.54) is 0 Å². The molecule has 96 valence electrons. The Morgan fingerprint density at radius 3 is 3.06 bits per heavy atom. The summed E-state index contributed by atoms with van der Waals surface area (Å²) in [6.07, 6.45) is 0.686. The molecule has 0 saturated carbocycles. The third-order valence-corrected chi connectivity index (χ3v) is 3.85. The van der Waals surface area contributed by atoms with Gasteiger partial charge in [0.05, 0.1) is 17.6 Å². The highest BCUT2D eigenvalue weighted by Crippen LogP contribution is 2.46. The monoisotopic (exact) mass is 312 g/mol. The fourth-order valence-corrected chi connectivity index (χ4v) is 3.01. The van der Waals surface area contributed by atoms with Crippen LogP contribution in [-0.4, -0.2) is 18.9 Å². The first-order valence-corrected chi connectivity index (χ1v) is 6.45. The van der Waals surface area contributed by atoms with Gasteiger partial charge >= 0.3 is 6.03 Å².